The van der Waals surface area contributed by atoms with E-state index in [1.54, 1.807) is 50.5 Å². The average Bonchev–Trinajstić information content (AvgIpc) is 2.84. The highest BCUT2D eigenvalue weighted by atomic mass is 19.1. The summed E-state index contributed by atoms with van der Waals surface area (Å²) in [6, 6.07) is 9.96. The van der Waals surface area contributed by atoms with Gasteiger partial charge in [0.25, 0.3) is 0 Å². The van der Waals surface area contributed by atoms with Gasteiger partial charge in [0.1, 0.15) is 19.2 Å². The molecule has 0 saturated heterocycles. The second kappa shape index (κ2) is 13.2. The van der Waals surface area contributed by atoms with E-state index in [-0.39, 0.29) is 18.1 Å². The smallest absolute Gasteiger partial charge is 0.220 e. The molecule has 3 aromatic rings. The lowest BCUT2D eigenvalue weighted by Crippen LogP contribution is -2.34. The molecule has 188 valence electrons. The van der Waals surface area contributed by atoms with Gasteiger partial charge in [-0.3, -0.25) is 0 Å². The Morgan fingerprint density at radius 1 is 1.17 bits per heavy atom. The van der Waals surface area contributed by atoms with Crippen LogP contribution in [0.25, 0.3) is 0 Å². The molecule has 3 rings (SSSR count). The average molecular weight is 486 g/mol. The molecule has 2 aromatic heterocycles. The number of anilines is 3. The Bertz CT molecular complexity index is 1080. The van der Waals surface area contributed by atoms with Gasteiger partial charge in [-0.2, -0.15) is 0 Å². The standard InChI is InChI=1S/C23H30FN7O2.CH2O/c1-23(2,32)18-14-16(5-6-19(18)24)27-11-13-31(12-8-25)21-20(4-3-9-28-21)33-15-17-7-10-29-22(26)30-17;1-2/h3-7,9-10,14,27,32H,8,11-13,15,25H2,1-2H3,(H2,26,29,30);1H2. The summed E-state index contributed by atoms with van der Waals surface area (Å²) in [5, 5.41) is 13.4. The van der Waals surface area contributed by atoms with Crippen molar-refractivity contribution in [2.45, 2.75) is 26.1 Å². The Labute approximate surface area is 204 Å². The third-order valence-corrected chi connectivity index (χ3v) is 4.89. The van der Waals surface area contributed by atoms with Gasteiger partial charge in [-0.05, 0) is 50.2 Å². The third-order valence-electron chi connectivity index (χ3n) is 4.89. The topological polar surface area (TPSA) is 153 Å². The van der Waals surface area contributed by atoms with E-state index in [0.29, 0.717) is 49.1 Å². The lowest BCUT2D eigenvalue weighted by Gasteiger charge is -2.25. The lowest BCUT2D eigenvalue weighted by molar-refractivity contribution is -0.0980. The van der Waals surface area contributed by atoms with Crippen LogP contribution in [0.3, 0.4) is 0 Å². The van der Waals surface area contributed by atoms with E-state index in [9.17, 15) is 9.50 Å². The van der Waals surface area contributed by atoms with Crippen molar-refractivity contribution in [3.05, 3.63) is 65.9 Å². The summed E-state index contributed by atoms with van der Waals surface area (Å²) >= 11 is 0. The number of benzene rings is 1. The van der Waals surface area contributed by atoms with Crippen LogP contribution in [-0.4, -0.2) is 53.0 Å². The Morgan fingerprint density at radius 3 is 2.63 bits per heavy atom. The summed E-state index contributed by atoms with van der Waals surface area (Å²) in [5.41, 5.74) is 11.8. The summed E-state index contributed by atoms with van der Waals surface area (Å²) in [5.74, 6) is 0.989. The van der Waals surface area contributed by atoms with Crippen LogP contribution in [0.15, 0.2) is 48.8 Å². The molecule has 0 fully saturated rings. The first-order valence-electron chi connectivity index (χ1n) is 10.9. The summed E-state index contributed by atoms with van der Waals surface area (Å²) in [7, 11) is 0. The molecule has 0 saturated carbocycles. The fraction of sp³-hybridized carbons (Fsp3) is 0.333. The van der Waals surface area contributed by atoms with Crippen molar-refractivity contribution in [3.8, 4) is 5.75 Å². The molecular formula is C24H32FN7O3. The van der Waals surface area contributed by atoms with Crippen LogP contribution in [0.5, 0.6) is 5.75 Å². The van der Waals surface area contributed by atoms with Crippen LogP contribution in [0.4, 0.5) is 21.8 Å². The van der Waals surface area contributed by atoms with E-state index < -0.39 is 11.4 Å². The fourth-order valence-corrected chi connectivity index (χ4v) is 3.30. The molecule has 1 aromatic carbocycles. The number of ether oxygens (including phenoxy) is 1. The van der Waals surface area contributed by atoms with E-state index in [1.807, 2.05) is 17.8 Å². The number of nitrogen functional groups attached to an aromatic ring is 1. The summed E-state index contributed by atoms with van der Waals surface area (Å²) in [4.78, 5) is 22.5. The monoisotopic (exact) mass is 485 g/mol. The van der Waals surface area contributed by atoms with Crippen LogP contribution in [0.2, 0.25) is 0 Å². The van der Waals surface area contributed by atoms with Crippen molar-refractivity contribution in [2.75, 3.05) is 42.1 Å². The maximum Gasteiger partial charge on any atom is 0.220 e. The molecule has 0 unspecified atom stereocenters. The SMILES string of the molecule is C=O.CC(C)(O)c1cc(NCCN(CCN)c2ncccc2OCc2ccnc(N)n2)ccc1F. The normalized spacial score (nSPS) is 10.8. The Kier molecular flexibility index (Phi) is 10.3. The van der Waals surface area contributed by atoms with Crippen LogP contribution < -0.4 is 26.4 Å². The molecule has 35 heavy (non-hydrogen) atoms. The van der Waals surface area contributed by atoms with Gasteiger partial charge in [-0.15, -0.1) is 0 Å². The highest BCUT2D eigenvalue weighted by molar-refractivity contribution is 5.53. The number of rotatable bonds is 11. The van der Waals surface area contributed by atoms with E-state index >= 15 is 0 Å². The zero-order chi connectivity index (χ0) is 25.8. The number of nitrogens with two attached hydrogens (primary N) is 2. The first-order chi connectivity index (χ1) is 16.8. The first kappa shape index (κ1) is 27.4. The fourth-order valence-electron chi connectivity index (χ4n) is 3.30. The number of carbonyl (C=O) groups excluding carboxylic acids is 1. The quantitative estimate of drug-likeness (QED) is 0.317. The number of hydrogen-bond donors (Lipinski definition) is 4. The van der Waals surface area contributed by atoms with Crippen LogP contribution >= 0.6 is 0 Å². The van der Waals surface area contributed by atoms with E-state index in [1.165, 1.54) is 6.07 Å². The predicted molar refractivity (Wildman–Crippen MR) is 134 cm³/mol. The van der Waals surface area contributed by atoms with Gasteiger partial charge >= 0.3 is 0 Å². The maximum atomic E-state index is 14.1. The number of carbonyl (C=O) groups is 1. The summed E-state index contributed by atoms with van der Waals surface area (Å²) in [6.07, 6.45) is 3.27. The summed E-state index contributed by atoms with van der Waals surface area (Å²) in [6.45, 7) is 7.42. The van der Waals surface area contributed by atoms with Gasteiger partial charge in [0.15, 0.2) is 11.6 Å². The number of nitrogens with one attached hydrogen (secondary N) is 1. The van der Waals surface area contributed by atoms with Crippen molar-refractivity contribution in [1.82, 2.24) is 15.0 Å². The number of pyridine rings is 1. The highest BCUT2D eigenvalue weighted by Crippen LogP contribution is 2.27. The second-order valence-electron chi connectivity index (χ2n) is 7.98. The van der Waals surface area contributed by atoms with Gasteiger partial charge in [-0.25, -0.2) is 19.3 Å². The predicted octanol–water partition coefficient (Wildman–Crippen LogP) is 2.09. The van der Waals surface area contributed by atoms with E-state index in [4.69, 9.17) is 21.0 Å². The van der Waals surface area contributed by atoms with Gasteiger partial charge in [0.05, 0.1) is 11.3 Å². The highest BCUT2D eigenvalue weighted by Gasteiger charge is 2.21. The molecule has 0 amide bonds. The van der Waals surface area contributed by atoms with E-state index in [0.717, 1.165) is 0 Å². The summed E-state index contributed by atoms with van der Waals surface area (Å²) < 4.78 is 20.0. The molecular weight excluding hydrogens is 453 g/mol. The van der Waals surface area contributed by atoms with Crippen molar-refractivity contribution < 1.29 is 19.0 Å². The van der Waals surface area contributed by atoms with Gasteiger partial charge in [0, 0.05) is 49.8 Å². The molecule has 6 N–H and O–H groups in total. The molecule has 0 radical (unpaired) electrons. The first-order valence-corrected chi connectivity index (χ1v) is 10.9. The molecule has 0 spiro atoms. The molecule has 0 aliphatic heterocycles. The Hall–Kier alpha value is -3.83. The lowest BCUT2D eigenvalue weighted by atomic mass is 9.97. The van der Waals surface area contributed by atoms with E-state index in [2.05, 4.69) is 20.3 Å². The zero-order valence-corrected chi connectivity index (χ0v) is 19.9. The second-order valence-corrected chi connectivity index (χ2v) is 7.98. The van der Waals surface area contributed by atoms with Gasteiger partial charge in [0.2, 0.25) is 5.95 Å². The molecule has 0 atom stereocenters. The van der Waals surface area contributed by atoms with Gasteiger partial charge in [-0.1, -0.05) is 0 Å². The molecule has 10 nitrogen and oxygen atoms in total. The number of aromatic nitrogens is 3. The third kappa shape index (κ3) is 8.16. The van der Waals surface area contributed by atoms with Crippen molar-refractivity contribution >= 4 is 24.2 Å². The minimum absolute atomic E-state index is 0.187. The number of halogens is 1. The Balaban J connectivity index is 0.00000210. The van der Waals surface area contributed by atoms with Crippen LogP contribution in [0.1, 0.15) is 25.1 Å². The van der Waals surface area contributed by atoms with Crippen LogP contribution in [-0.2, 0) is 17.0 Å². The molecule has 2 heterocycles. The molecule has 11 heteroatoms. The maximum absolute atomic E-state index is 14.1. The van der Waals surface area contributed by atoms with Crippen molar-refractivity contribution in [1.29, 1.82) is 0 Å². The molecule has 0 aliphatic rings. The molecule has 0 aliphatic carbocycles. The minimum atomic E-state index is -1.28. The minimum Gasteiger partial charge on any atom is -0.483 e. The van der Waals surface area contributed by atoms with Crippen molar-refractivity contribution in [3.63, 3.8) is 0 Å². The van der Waals surface area contributed by atoms with Gasteiger partial charge < -0.3 is 36.3 Å². The van der Waals surface area contributed by atoms with Crippen molar-refractivity contribution in [2.24, 2.45) is 5.73 Å². The molecule has 0 bridgehead atoms. The number of nitrogens with zero attached hydrogens (tertiary/aromatic N) is 4. The van der Waals surface area contributed by atoms with Crippen LogP contribution in [0, 0.1) is 5.82 Å². The largest absolute Gasteiger partial charge is 0.483 e. The Morgan fingerprint density at radius 2 is 1.94 bits per heavy atom. The number of hydrogen-bond acceptors (Lipinski definition) is 10. The number of aliphatic hydroxyl groups is 1. The zero-order valence-electron chi connectivity index (χ0n) is 19.9.